The molecule has 1 fully saturated rings. The van der Waals surface area contributed by atoms with Crippen LogP contribution >= 0.6 is 15.9 Å². The Kier molecular flexibility index (Phi) is 1.51. The van der Waals surface area contributed by atoms with Crippen LogP contribution in [0.2, 0.25) is 0 Å². The summed E-state index contributed by atoms with van der Waals surface area (Å²) in [5.74, 6) is 0.220. The highest BCUT2D eigenvalue weighted by atomic mass is 79.9. The van der Waals surface area contributed by atoms with Gasteiger partial charge in [0.15, 0.2) is 15.9 Å². The maximum Gasteiger partial charge on any atom is 0.154 e. The molecule has 0 N–H and O–H groups in total. The van der Waals surface area contributed by atoms with Crippen LogP contribution in [-0.4, -0.2) is 30.6 Å². The summed E-state index contributed by atoms with van der Waals surface area (Å²) in [7, 11) is -2.87. The highest BCUT2D eigenvalue weighted by Gasteiger charge is 2.45. The monoisotopic (exact) mass is 239 g/mol. The van der Waals surface area contributed by atoms with E-state index >= 15 is 0 Å². The highest BCUT2D eigenvalue weighted by Crippen LogP contribution is 2.30. The molecule has 0 unspecified atom stereocenters. The fourth-order valence-electron chi connectivity index (χ4n) is 1.33. The largest absolute Gasteiger partial charge is 0.390 e. The van der Waals surface area contributed by atoms with Crippen molar-refractivity contribution in [3.05, 3.63) is 0 Å². The maximum absolute atomic E-state index is 11.0. The third kappa shape index (κ3) is 1.18. The van der Waals surface area contributed by atoms with E-state index in [-0.39, 0.29) is 23.5 Å². The molecule has 0 radical (unpaired) electrons. The van der Waals surface area contributed by atoms with Crippen LogP contribution in [0.15, 0.2) is 5.16 Å². The van der Waals surface area contributed by atoms with Gasteiger partial charge in [-0.2, -0.15) is 0 Å². The SMILES string of the molecule is O=S1(=O)C[C@@H]2ON=C(Br)[C@@H]2C1. The average molecular weight is 240 g/mol. The average Bonchev–Trinajstić information content (AvgIpc) is 2.31. The molecule has 2 atom stereocenters. The summed E-state index contributed by atoms with van der Waals surface area (Å²) < 4.78 is 22.7. The molecule has 0 spiro atoms. The van der Waals surface area contributed by atoms with E-state index in [0.29, 0.717) is 4.62 Å². The Bertz CT molecular complexity index is 310. The number of fused-ring (bicyclic) bond motifs is 1. The van der Waals surface area contributed by atoms with Gasteiger partial charge in [-0.1, -0.05) is 5.16 Å². The zero-order valence-corrected chi connectivity index (χ0v) is 7.93. The molecule has 2 aliphatic heterocycles. The van der Waals surface area contributed by atoms with Crippen LogP contribution < -0.4 is 0 Å². The van der Waals surface area contributed by atoms with Crippen LogP contribution in [0.1, 0.15) is 0 Å². The molecular formula is C5H6BrNO3S. The molecule has 0 amide bonds. The molecule has 0 aliphatic carbocycles. The van der Waals surface area contributed by atoms with E-state index in [1.807, 2.05) is 0 Å². The molecule has 0 saturated carbocycles. The van der Waals surface area contributed by atoms with Crippen LogP contribution in [0.3, 0.4) is 0 Å². The molecule has 11 heavy (non-hydrogen) atoms. The number of hydrogen-bond donors (Lipinski definition) is 0. The fraction of sp³-hybridized carbons (Fsp3) is 0.800. The van der Waals surface area contributed by atoms with Crippen molar-refractivity contribution in [1.29, 1.82) is 0 Å². The summed E-state index contributed by atoms with van der Waals surface area (Å²) in [6, 6.07) is 0. The minimum atomic E-state index is -2.87. The van der Waals surface area contributed by atoms with Gasteiger partial charge in [-0.15, -0.1) is 0 Å². The summed E-state index contributed by atoms with van der Waals surface area (Å²) in [5, 5.41) is 3.66. The zero-order chi connectivity index (χ0) is 8.06. The van der Waals surface area contributed by atoms with Crippen molar-refractivity contribution in [2.24, 2.45) is 11.1 Å². The fourth-order valence-corrected chi connectivity index (χ4v) is 3.93. The first-order chi connectivity index (χ1) is 5.08. The van der Waals surface area contributed by atoms with Crippen molar-refractivity contribution in [2.45, 2.75) is 6.10 Å². The summed E-state index contributed by atoms with van der Waals surface area (Å²) in [6.07, 6.45) is -0.241. The summed E-state index contributed by atoms with van der Waals surface area (Å²) in [4.78, 5) is 4.89. The minimum Gasteiger partial charge on any atom is -0.390 e. The lowest BCUT2D eigenvalue weighted by molar-refractivity contribution is 0.0882. The van der Waals surface area contributed by atoms with Crippen molar-refractivity contribution >= 4 is 30.4 Å². The Balaban J connectivity index is 2.29. The van der Waals surface area contributed by atoms with Gasteiger partial charge in [0.25, 0.3) is 0 Å². The van der Waals surface area contributed by atoms with Crippen molar-refractivity contribution < 1.29 is 13.3 Å². The van der Waals surface area contributed by atoms with Gasteiger partial charge in [0, 0.05) is 0 Å². The first-order valence-corrected chi connectivity index (χ1v) is 5.79. The first kappa shape index (κ1) is 7.54. The van der Waals surface area contributed by atoms with Crippen LogP contribution in [0, 0.1) is 5.92 Å². The smallest absolute Gasteiger partial charge is 0.154 e. The van der Waals surface area contributed by atoms with Gasteiger partial charge >= 0.3 is 0 Å². The maximum atomic E-state index is 11.0. The van der Waals surface area contributed by atoms with Gasteiger partial charge in [0.1, 0.15) is 4.62 Å². The van der Waals surface area contributed by atoms with Crippen LogP contribution in [-0.2, 0) is 14.7 Å². The van der Waals surface area contributed by atoms with Gasteiger partial charge in [0.05, 0.1) is 17.4 Å². The van der Waals surface area contributed by atoms with Crippen molar-refractivity contribution in [3.63, 3.8) is 0 Å². The molecule has 2 rings (SSSR count). The van der Waals surface area contributed by atoms with Gasteiger partial charge < -0.3 is 4.84 Å². The highest BCUT2D eigenvalue weighted by molar-refractivity contribution is 9.18. The molecule has 62 valence electrons. The van der Waals surface area contributed by atoms with Gasteiger partial charge in [-0.25, -0.2) is 8.42 Å². The number of oxime groups is 1. The summed E-state index contributed by atoms with van der Waals surface area (Å²) >= 11 is 3.16. The third-order valence-corrected chi connectivity index (χ3v) is 4.32. The molecule has 0 aromatic carbocycles. The molecular weight excluding hydrogens is 234 g/mol. The topological polar surface area (TPSA) is 55.7 Å². The van der Waals surface area contributed by atoms with E-state index in [0.717, 1.165) is 0 Å². The Hall–Kier alpha value is -0.100. The molecule has 4 nitrogen and oxygen atoms in total. The summed E-state index contributed by atoms with van der Waals surface area (Å²) in [5.41, 5.74) is 0. The quantitative estimate of drug-likeness (QED) is 0.605. The number of halogens is 1. The predicted octanol–water partition coefficient (Wildman–Crippen LogP) is 0.138. The Morgan fingerprint density at radius 3 is 2.91 bits per heavy atom. The standard InChI is InChI=1S/C5H6BrNO3S/c6-5-3-1-11(8,9)2-4(3)10-7-5/h3-4H,1-2H2/t3-,4+/m1/s1. The van der Waals surface area contributed by atoms with Crippen molar-refractivity contribution in [2.75, 3.05) is 11.5 Å². The van der Waals surface area contributed by atoms with Crippen LogP contribution in [0.5, 0.6) is 0 Å². The van der Waals surface area contributed by atoms with Crippen molar-refractivity contribution in [3.8, 4) is 0 Å². The van der Waals surface area contributed by atoms with Gasteiger partial charge in [-0.3, -0.25) is 0 Å². The molecule has 0 aromatic heterocycles. The lowest BCUT2D eigenvalue weighted by atomic mass is 10.1. The molecule has 0 bridgehead atoms. The van der Waals surface area contributed by atoms with Crippen molar-refractivity contribution in [1.82, 2.24) is 0 Å². The van der Waals surface area contributed by atoms with E-state index in [1.54, 1.807) is 0 Å². The predicted molar refractivity (Wildman–Crippen MR) is 43.4 cm³/mol. The van der Waals surface area contributed by atoms with E-state index in [9.17, 15) is 8.42 Å². The number of hydrogen-bond acceptors (Lipinski definition) is 4. The Morgan fingerprint density at radius 1 is 1.55 bits per heavy atom. The van der Waals surface area contributed by atoms with Gasteiger partial charge in [0.2, 0.25) is 0 Å². The minimum absolute atomic E-state index is 0.0556. The summed E-state index contributed by atoms with van der Waals surface area (Å²) in [6.45, 7) is 0. The zero-order valence-electron chi connectivity index (χ0n) is 5.53. The Morgan fingerprint density at radius 2 is 2.27 bits per heavy atom. The molecule has 2 heterocycles. The molecule has 1 saturated heterocycles. The first-order valence-electron chi connectivity index (χ1n) is 3.18. The van der Waals surface area contributed by atoms with Crippen LogP contribution in [0.25, 0.3) is 0 Å². The second-order valence-corrected chi connectivity index (χ2v) is 5.71. The van der Waals surface area contributed by atoms with E-state index < -0.39 is 9.84 Å². The number of sulfone groups is 1. The molecule has 0 aromatic rings. The van der Waals surface area contributed by atoms with Crippen LogP contribution in [0.4, 0.5) is 0 Å². The lowest BCUT2D eigenvalue weighted by Gasteiger charge is -2.01. The second-order valence-electron chi connectivity index (χ2n) is 2.74. The normalized spacial score (nSPS) is 39.5. The number of nitrogens with zero attached hydrogens (tertiary/aromatic N) is 1. The second kappa shape index (κ2) is 2.20. The Labute approximate surface area is 72.6 Å². The van der Waals surface area contributed by atoms with E-state index in [1.165, 1.54) is 0 Å². The lowest BCUT2D eigenvalue weighted by Crippen LogP contribution is -2.17. The van der Waals surface area contributed by atoms with Gasteiger partial charge in [-0.05, 0) is 15.9 Å². The molecule has 6 heteroatoms. The van der Waals surface area contributed by atoms with E-state index in [4.69, 9.17) is 4.84 Å². The number of rotatable bonds is 0. The van der Waals surface area contributed by atoms with E-state index in [2.05, 4.69) is 21.1 Å². The molecule has 2 aliphatic rings. The third-order valence-electron chi connectivity index (χ3n) is 1.88.